The summed E-state index contributed by atoms with van der Waals surface area (Å²) in [4.78, 5) is 2.14. The molecule has 0 atom stereocenters. The molecule has 0 aliphatic heterocycles. The molecule has 0 fully saturated rings. The first-order valence-corrected chi connectivity index (χ1v) is 8.59. The molecule has 0 N–H and O–H groups in total. The highest BCUT2D eigenvalue weighted by atomic mass is 19.1. The van der Waals surface area contributed by atoms with Crippen LogP contribution in [0.4, 0.5) is 4.39 Å². The lowest BCUT2D eigenvalue weighted by Gasteiger charge is -2.29. The summed E-state index contributed by atoms with van der Waals surface area (Å²) >= 11 is 0. The number of aryl methyl sites for hydroxylation is 2. The molecule has 0 amide bonds. The molecule has 1 aromatic rings. The van der Waals surface area contributed by atoms with Gasteiger partial charge >= 0.3 is 0 Å². The highest BCUT2D eigenvalue weighted by molar-refractivity contribution is 5.48. The predicted octanol–water partition coefficient (Wildman–Crippen LogP) is 6.16. The standard InChI is InChI=1S/C22H28FN/c1-6-7-9-17(3)22-20(23)10-8-11-21(22)24(5)15-19-13-12-16(2)18(4)14-19/h6,11-14H,1,3,7-10,15H2,2,4-5H3. The summed E-state index contributed by atoms with van der Waals surface area (Å²) in [6.07, 6.45) is 6.79. The van der Waals surface area contributed by atoms with Gasteiger partial charge in [-0.2, -0.15) is 0 Å². The SMILES string of the molecule is C=CCCC(=C)C1=C(F)CCC=C1N(C)Cc1ccc(C)c(C)c1. The van der Waals surface area contributed by atoms with Crippen molar-refractivity contribution in [2.75, 3.05) is 7.05 Å². The van der Waals surface area contributed by atoms with Gasteiger partial charge in [0.1, 0.15) is 5.83 Å². The van der Waals surface area contributed by atoms with Crippen LogP contribution < -0.4 is 0 Å². The van der Waals surface area contributed by atoms with E-state index in [9.17, 15) is 4.39 Å². The Hall–Kier alpha value is -2.09. The summed E-state index contributed by atoms with van der Waals surface area (Å²) in [6.45, 7) is 12.9. The van der Waals surface area contributed by atoms with Crippen LogP contribution in [0, 0.1) is 13.8 Å². The zero-order valence-electron chi connectivity index (χ0n) is 15.2. The first kappa shape index (κ1) is 18.3. The van der Waals surface area contributed by atoms with E-state index in [0.29, 0.717) is 12.0 Å². The van der Waals surface area contributed by atoms with Crippen LogP contribution >= 0.6 is 0 Å². The van der Waals surface area contributed by atoms with E-state index in [2.05, 4.69) is 56.2 Å². The smallest absolute Gasteiger partial charge is 0.110 e. The topological polar surface area (TPSA) is 3.24 Å². The molecule has 1 aliphatic carbocycles. The van der Waals surface area contributed by atoms with E-state index in [1.165, 1.54) is 16.7 Å². The largest absolute Gasteiger partial charge is 0.370 e. The Labute approximate surface area is 145 Å². The molecule has 128 valence electrons. The molecule has 0 spiro atoms. The second-order valence-electron chi connectivity index (χ2n) is 6.61. The van der Waals surface area contributed by atoms with Crippen molar-refractivity contribution in [2.45, 2.75) is 46.1 Å². The third kappa shape index (κ3) is 4.25. The summed E-state index contributed by atoms with van der Waals surface area (Å²) in [5.74, 6) is -0.0338. The quantitative estimate of drug-likeness (QED) is 0.543. The van der Waals surface area contributed by atoms with Crippen molar-refractivity contribution in [3.63, 3.8) is 0 Å². The first-order chi connectivity index (χ1) is 11.4. The highest BCUT2D eigenvalue weighted by Gasteiger charge is 2.21. The van der Waals surface area contributed by atoms with Gasteiger partial charge in [-0.1, -0.05) is 36.9 Å². The minimum absolute atomic E-state index is 0.0338. The molecule has 2 rings (SSSR count). The Kier molecular flexibility index (Phi) is 6.19. The van der Waals surface area contributed by atoms with Gasteiger partial charge in [0.05, 0.1) is 0 Å². The van der Waals surface area contributed by atoms with Crippen molar-refractivity contribution >= 4 is 0 Å². The van der Waals surface area contributed by atoms with E-state index in [4.69, 9.17) is 0 Å². The molecule has 0 saturated carbocycles. The summed E-state index contributed by atoms with van der Waals surface area (Å²) in [6, 6.07) is 6.50. The number of hydrogen-bond acceptors (Lipinski definition) is 1. The van der Waals surface area contributed by atoms with Crippen LogP contribution in [-0.2, 0) is 6.54 Å². The van der Waals surface area contributed by atoms with Crippen LogP contribution in [0.5, 0.6) is 0 Å². The van der Waals surface area contributed by atoms with Crippen LogP contribution in [0.25, 0.3) is 0 Å². The maximum atomic E-state index is 14.5. The number of nitrogens with zero attached hydrogens (tertiary/aromatic N) is 1. The van der Waals surface area contributed by atoms with Crippen LogP contribution in [0.15, 0.2) is 66.2 Å². The molecule has 0 radical (unpaired) electrons. The number of hydrogen-bond donors (Lipinski definition) is 0. The molecule has 1 nitrogen and oxygen atoms in total. The summed E-state index contributed by atoms with van der Waals surface area (Å²) in [5.41, 5.74) is 6.35. The van der Waals surface area contributed by atoms with Crippen molar-refractivity contribution in [3.8, 4) is 0 Å². The van der Waals surface area contributed by atoms with Crippen molar-refractivity contribution in [3.05, 3.63) is 82.9 Å². The molecular formula is C22H28FN. The molecule has 0 unspecified atom stereocenters. The van der Waals surface area contributed by atoms with E-state index in [0.717, 1.165) is 37.1 Å². The van der Waals surface area contributed by atoms with Gasteiger partial charge in [-0.3, -0.25) is 0 Å². The Balaban J connectivity index is 2.20. The minimum atomic E-state index is -0.0338. The summed E-state index contributed by atoms with van der Waals surface area (Å²) < 4.78 is 14.5. The van der Waals surface area contributed by atoms with E-state index in [1.807, 2.05) is 13.1 Å². The summed E-state index contributed by atoms with van der Waals surface area (Å²) in [5, 5.41) is 0. The van der Waals surface area contributed by atoms with Gasteiger partial charge in [0.2, 0.25) is 0 Å². The molecule has 24 heavy (non-hydrogen) atoms. The average molecular weight is 325 g/mol. The molecule has 1 aromatic carbocycles. The van der Waals surface area contributed by atoms with Gasteiger partial charge in [-0.15, -0.1) is 6.58 Å². The van der Waals surface area contributed by atoms with Crippen molar-refractivity contribution < 1.29 is 4.39 Å². The molecule has 0 heterocycles. The molecule has 1 aliphatic rings. The third-order valence-corrected chi connectivity index (χ3v) is 4.64. The maximum absolute atomic E-state index is 14.5. The van der Waals surface area contributed by atoms with Crippen LogP contribution in [0.2, 0.25) is 0 Å². The van der Waals surface area contributed by atoms with Crippen molar-refractivity contribution in [1.29, 1.82) is 0 Å². The fourth-order valence-corrected chi connectivity index (χ4v) is 3.08. The molecule has 0 bridgehead atoms. The van der Waals surface area contributed by atoms with Crippen molar-refractivity contribution in [2.24, 2.45) is 0 Å². The van der Waals surface area contributed by atoms with E-state index in [-0.39, 0.29) is 5.83 Å². The highest BCUT2D eigenvalue weighted by Crippen LogP contribution is 2.34. The normalized spacial score (nSPS) is 14.4. The minimum Gasteiger partial charge on any atom is -0.370 e. The number of rotatable bonds is 7. The lowest BCUT2D eigenvalue weighted by Crippen LogP contribution is -2.21. The van der Waals surface area contributed by atoms with Gasteiger partial charge in [-0.05, 0) is 55.4 Å². The van der Waals surface area contributed by atoms with E-state index >= 15 is 0 Å². The number of benzene rings is 1. The lowest BCUT2D eigenvalue weighted by molar-refractivity contribution is 0.406. The second-order valence-corrected chi connectivity index (χ2v) is 6.61. The van der Waals surface area contributed by atoms with E-state index in [1.54, 1.807) is 0 Å². The molecule has 2 heteroatoms. The number of allylic oxidation sites excluding steroid dienone is 4. The molecule has 0 saturated heterocycles. The van der Waals surface area contributed by atoms with Crippen LogP contribution in [0.3, 0.4) is 0 Å². The monoisotopic (exact) mass is 325 g/mol. The van der Waals surface area contributed by atoms with Crippen LogP contribution in [0.1, 0.15) is 42.4 Å². The zero-order chi connectivity index (χ0) is 17.7. The van der Waals surface area contributed by atoms with Gasteiger partial charge in [-0.25, -0.2) is 4.39 Å². The summed E-state index contributed by atoms with van der Waals surface area (Å²) in [7, 11) is 2.03. The average Bonchev–Trinajstić information content (AvgIpc) is 2.55. The van der Waals surface area contributed by atoms with Gasteiger partial charge in [0, 0.05) is 31.3 Å². The molecular weight excluding hydrogens is 297 g/mol. The number of halogens is 1. The fourth-order valence-electron chi connectivity index (χ4n) is 3.08. The number of likely N-dealkylation sites (N-methyl/N-ethyl adjacent to an activating group) is 1. The fraction of sp³-hybridized carbons (Fsp3) is 0.364. The van der Waals surface area contributed by atoms with Crippen LogP contribution in [-0.4, -0.2) is 11.9 Å². The Morgan fingerprint density at radius 1 is 1.29 bits per heavy atom. The predicted molar refractivity (Wildman–Crippen MR) is 101 cm³/mol. The first-order valence-electron chi connectivity index (χ1n) is 8.59. The Morgan fingerprint density at radius 2 is 2.04 bits per heavy atom. The second kappa shape index (κ2) is 8.14. The molecule has 0 aromatic heterocycles. The Morgan fingerprint density at radius 3 is 2.71 bits per heavy atom. The third-order valence-electron chi connectivity index (χ3n) is 4.64. The maximum Gasteiger partial charge on any atom is 0.110 e. The van der Waals surface area contributed by atoms with E-state index < -0.39 is 0 Å². The van der Waals surface area contributed by atoms with Gasteiger partial charge in [0.25, 0.3) is 0 Å². The zero-order valence-corrected chi connectivity index (χ0v) is 15.2. The Bertz CT molecular complexity index is 694. The van der Waals surface area contributed by atoms with Gasteiger partial charge in [0.15, 0.2) is 0 Å². The lowest BCUT2D eigenvalue weighted by atomic mass is 9.92. The van der Waals surface area contributed by atoms with Gasteiger partial charge < -0.3 is 4.90 Å². The van der Waals surface area contributed by atoms with Crippen molar-refractivity contribution in [1.82, 2.24) is 4.90 Å².